The molecule has 0 spiro atoms. The summed E-state index contributed by atoms with van der Waals surface area (Å²) in [5.74, 6) is -4.54. The minimum atomic E-state index is -2.27. The Morgan fingerprint density at radius 3 is 2.45 bits per heavy atom. The topological polar surface area (TPSA) is 164 Å². The fourth-order valence-corrected chi connectivity index (χ4v) is 3.86. The van der Waals surface area contributed by atoms with E-state index in [1.54, 1.807) is 24.3 Å². The quantitative estimate of drug-likeness (QED) is 0.308. The molecule has 1 saturated heterocycles. The van der Waals surface area contributed by atoms with E-state index < -0.39 is 29.1 Å². The van der Waals surface area contributed by atoms with Crippen LogP contribution in [0.3, 0.4) is 0 Å². The molecule has 0 radical (unpaired) electrons. The number of furan rings is 1. The Labute approximate surface area is 166 Å². The molecule has 1 fully saturated rings. The molecule has 0 bridgehead atoms. The number of ketones is 1. The molecule has 0 aliphatic carbocycles. The zero-order valence-electron chi connectivity index (χ0n) is 15.8. The average Bonchev–Trinajstić information content (AvgIpc) is 3.32. The van der Waals surface area contributed by atoms with E-state index in [-0.39, 0.29) is 11.7 Å². The van der Waals surface area contributed by atoms with E-state index in [4.69, 9.17) is 21.3 Å². The maximum absolute atomic E-state index is 13.2. The first-order valence-corrected chi connectivity index (χ1v) is 8.99. The van der Waals surface area contributed by atoms with E-state index >= 15 is 0 Å². The minimum absolute atomic E-state index is 0.0852. The molecule has 2 aromatic rings. The van der Waals surface area contributed by atoms with Gasteiger partial charge in [-0.05, 0) is 49.2 Å². The largest absolute Gasteiger partial charge is 0.480 e. The second-order valence-electron chi connectivity index (χ2n) is 7.11. The first kappa shape index (κ1) is 20.3. The van der Waals surface area contributed by atoms with Gasteiger partial charge in [0, 0.05) is 29.6 Å². The van der Waals surface area contributed by atoms with Gasteiger partial charge in [0.2, 0.25) is 5.91 Å². The van der Waals surface area contributed by atoms with E-state index in [1.807, 2.05) is 0 Å². The maximum Gasteiger partial charge on any atom is 0.332 e. The lowest BCUT2D eigenvalue weighted by atomic mass is 9.70. The van der Waals surface area contributed by atoms with Crippen molar-refractivity contribution in [2.24, 2.45) is 17.4 Å². The molecule has 3 atom stereocenters. The molecule has 1 amide bonds. The van der Waals surface area contributed by atoms with Gasteiger partial charge in [-0.15, -0.1) is 0 Å². The van der Waals surface area contributed by atoms with Crippen molar-refractivity contribution >= 4 is 29.2 Å². The van der Waals surface area contributed by atoms with Gasteiger partial charge in [-0.25, -0.2) is 4.79 Å². The lowest BCUT2D eigenvalue weighted by Crippen LogP contribution is -2.60. The van der Waals surface area contributed by atoms with Gasteiger partial charge in [-0.2, -0.15) is 0 Å². The highest BCUT2D eigenvalue weighted by atomic mass is 16.4. The van der Waals surface area contributed by atoms with Gasteiger partial charge in [0.05, 0.1) is 12.5 Å². The molecule has 9 heteroatoms. The van der Waals surface area contributed by atoms with Crippen molar-refractivity contribution in [1.82, 2.24) is 0 Å². The van der Waals surface area contributed by atoms with E-state index in [1.165, 1.54) is 23.5 Å². The van der Waals surface area contributed by atoms with Crippen LogP contribution in [0.15, 0.2) is 47.3 Å². The summed E-state index contributed by atoms with van der Waals surface area (Å²) in [6.07, 6.45) is 2.99. The number of nitrogens with one attached hydrogen (secondary N) is 1. The fraction of sp³-hybridized carbons (Fsp3) is 0.300. The number of carbonyl (C=O) groups excluding carboxylic acids is 2. The van der Waals surface area contributed by atoms with Crippen molar-refractivity contribution in [2.75, 3.05) is 11.4 Å². The predicted octanol–water partition coefficient (Wildman–Crippen LogP) is 1.07. The van der Waals surface area contributed by atoms with Gasteiger partial charge in [0.1, 0.15) is 5.84 Å². The standard InChI is InChI=1S/C20H22N4O5/c1-11(25)20(23,19(27)28)16(13-7-9-29-10-13)15-6-8-24(18(15)26)14-4-2-12(3-5-14)17(21)22/h2-5,7,9-10,15-16H,6,8,23H2,1H3,(H3,21,22)(H,27,28). The number of rotatable bonds is 7. The second-order valence-corrected chi connectivity index (χ2v) is 7.11. The van der Waals surface area contributed by atoms with Crippen LogP contribution >= 0.6 is 0 Å². The van der Waals surface area contributed by atoms with Crippen LogP contribution in [-0.2, 0) is 14.4 Å². The van der Waals surface area contributed by atoms with Crippen LogP contribution < -0.4 is 16.4 Å². The van der Waals surface area contributed by atoms with Crippen molar-refractivity contribution in [3.8, 4) is 0 Å². The lowest BCUT2D eigenvalue weighted by Gasteiger charge is -2.34. The number of carboxylic acids is 1. The minimum Gasteiger partial charge on any atom is -0.480 e. The van der Waals surface area contributed by atoms with E-state index in [2.05, 4.69) is 0 Å². The summed E-state index contributed by atoms with van der Waals surface area (Å²) in [4.78, 5) is 39.0. The zero-order valence-corrected chi connectivity index (χ0v) is 15.8. The smallest absolute Gasteiger partial charge is 0.332 e. The van der Waals surface area contributed by atoms with Gasteiger partial charge >= 0.3 is 5.97 Å². The number of hydrogen-bond acceptors (Lipinski definition) is 6. The monoisotopic (exact) mass is 398 g/mol. The number of hydrogen-bond donors (Lipinski definition) is 4. The number of carbonyl (C=O) groups is 3. The molecular weight excluding hydrogens is 376 g/mol. The number of aliphatic carboxylic acids is 1. The number of nitrogens with zero attached hydrogens (tertiary/aromatic N) is 1. The number of nitrogen functional groups attached to an aromatic ring is 1. The SMILES string of the molecule is CC(=O)C(N)(C(=O)O)C(c1ccoc1)C1CCN(c2ccc(C(=N)N)cc2)C1=O. The molecular formula is C20H22N4O5. The third kappa shape index (κ3) is 3.40. The van der Waals surface area contributed by atoms with Crippen LogP contribution in [0.5, 0.6) is 0 Å². The Bertz CT molecular complexity index is 938. The van der Waals surface area contributed by atoms with Crippen molar-refractivity contribution in [3.63, 3.8) is 0 Å². The summed E-state index contributed by atoms with van der Waals surface area (Å²) in [5.41, 5.74) is 10.8. The summed E-state index contributed by atoms with van der Waals surface area (Å²) in [7, 11) is 0. The molecule has 2 heterocycles. The molecule has 0 saturated carbocycles. The Kier molecular flexibility index (Phi) is 5.25. The maximum atomic E-state index is 13.2. The van der Waals surface area contributed by atoms with Gasteiger partial charge in [-0.3, -0.25) is 15.0 Å². The highest BCUT2D eigenvalue weighted by Crippen LogP contribution is 2.41. The molecule has 6 N–H and O–H groups in total. The summed E-state index contributed by atoms with van der Waals surface area (Å²) < 4.78 is 5.08. The third-order valence-electron chi connectivity index (χ3n) is 5.47. The molecule has 1 aliphatic rings. The fourth-order valence-electron chi connectivity index (χ4n) is 3.86. The number of nitrogens with two attached hydrogens (primary N) is 2. The van der Waals surface area contributed by atoms with Gasteiger partial charge in [0.15, 0.2) is 11.3 Å². The third-order valence-corrected chi connectivity index (χ3v) is 5.47. The van der Waals surface area contributed by atoms with Gasteiger partial charge in [0.25, 0.3) is 0 Å². The highest BCUT2D eigenvalue weighted by Gasteiger charge is 2.55. The summed E-state index contributed by atoms with van der Waals surface area (Å²) in [6, 6.07) is 8.12. The molecule has 29 heavy (non-hydrogen) atoms. The number of benzene rings is 1. The number of anilines is 1. The molecule has 1 aromatic carbocycles. The average molecular weight is 398 g/mol. The molecule has 1 aliphatic heterocycles. The van der Waals surface area contributed by atoms with Crippen molar-refractivity contribution in [1.29, 1.82) is 5.41 Å². The van der Waals surface area contributed by atoms with Gasteiger partial charge < -0.3 is 25.9 Å². The number of amidine groups is 1. The van der Waals surface area contributed by atoms with Crippen molar-refractivity contribution in [2.45, 2.75) is 24.8 Å². The number of amides is 1. The zero-order chi connectivity index (χ0) is 21.3. The molecule has 3 rings (SSSR count). The van der Waals surface area contributed by atoms with E-state index in [0.29, 0.717) is 29.8 Å². The Morgan fingerprint density at radius 2 is 1.97 bits per heavy atom. The summed E-state index contributed by atoms with van der Waals surface area (Å²) in [5, 5.41) is 17.2. The lowest BCUT2D eigenvalue weighted by molar-refractivity contribution is -0.149. The van der Waals surface area contributed by atoms with Gasteiger partial charge in [-0.1, -0.05) is 0 Å². The molecule has 1 aromatic heterocycles. The molecule has 9 nitrogen and oxygen atoms in total. The molecule has 152 valence electrons. The highest BCUT2D eigenvalue weighted by molar-refractivity contribution is 6.09. The summed E-state index contributed by atoms with van der Waals surface area (Å²) >= 11 is 0. The Hall–Kier alpha value is -3.46. The number of carboxylic acid groups (broad SMARTS) is 1. The second kappa shape index (κ2) is 7.51. The van der Waals surface area contributed by atoms with Crippen molar-refractivity contribution < 1.29 is 23.9 Å². The molecule has 3 unspecified atom stereocenters. The normalized spacial score (nSPS) is 19.6. The predicted molar refractivity (Wildman–Crippen MR) is 105 cm³/mol. The van der Waals surface area contributed by atoms with Crippen LogP contribution in [0.1, 0.15) is 30.4 Å². The van der Waals surface area contributed by atoms with Crippen molar-refractivity contribution in [3.05, 3.63) is 54.0 Å². The van der Waals surface area contributed by atoms with Crippen LogP contribution in [0.2, 0.25) is 0 Å². The van der Waals surface area contributed by atoms with Crippen LogP contribution in [0.4, 0.5) is 5.69 Å². The van der Waals surface area contributed by atoms with E-state index in [9.17, 15) is 19.5 Å². The van der Waals surface area contributed by atoms with E-state index in [0.717, 1.165) is 6.92 Å². The first-order chi connectivity index (χ1) is 13.7. The Morgan fingerprint density at radius 1 is 1.31 bits per heavy atom. The first-order valence-electron chi connectivity index (χ1n) is 8.99. The Balaban J connectivity index is 1.98. The summed E-state index contributed by atoms with van der Waals surface area (Å²) in [6.45, 7) is 1.45. The van der Waals surface area contributed by atoms with Crippen LogP contribution in [0.25, 0.3) is 0 Å². The van der Waals surface area contributed by atoms with Crippen LogP contribution in [-0.4, -0.2) is 40.7 Å². The van der Waals surface area contributed by atoms with Crippen LogP contribution in [0, 0.1) is 11.3 Å². The number of Topliss-reactive ketones (excluding diaryl/α,β-unsaturated/α-hetero) is 1.